The fourth-order valence-corrected chi connectivity index (χ4v) is 3.81. The van der Waals surface area contributed by atoms with Crippen LogP contribution in [0.25, 0.3) is 11.0 Å². The number of nitrogens with zero attached hydrogens (tertiary/aromatic N) is 5. The lowest BCUT2D eigenvalue weighted by molar-refractivity contribution is 0.0603. The number of hydrogen-bond donors (Lipinski definition) is 1. The van der Waals surface area contributed by atoms with E-state index in [1.165, 1.54) is 0 Å². The van der Waals surface area contributed by atoms with Gasteiger partial charge in [-0.15, -0.1) is 0 Å². The minimum absolute atomic E-state index is 0.00301. The zero-order valence-electron chi connectivity index (χ0n) is 14.8. The first-order valence-corrected chi connectivity index (χ1v) is 8.67. The summed E-state index contributed by atoms with van der Waals surface area (Å²) in [5.41, 5.74) is 3.10. The summed E-state index contributed by atoms with van der Waals surface area (Å²) in [5, 5.41) is 5.30. The van der Waals surface area contributed by atoms with Gasteiger partial charge in [0.25, 0.3) is 5.91 Å². The zero-order chi connectivity index (χ0) is 17.6. The third kappa shape index (κ3) is 2.59. The third-order valence-corrected chi connectivity index (χ3v) is 4.93. The van der Waals surface area contributed by atoms with Crippen LogP contribution in [0.2, 0.25) is 0 Å². The molecule has 1 atom stereocenters. The number of aromatic nitrogens is 5. The average Bonchev–Trinajstić information content (AvgIpc) is 3.23. The van der Waals surface area contributed by atoms with Gasteiger partial charge in [-0.3, -0.25) is 9.48 Å². The molecule has 4 heterocycles. The Bertz CT molecular complexity index is 927. The van der Waals surface area contributed by atoms with Crippen molar-refractivity contribution < 1.29 is 4.79 Å². The standard InChI is InChI=1S/C18H22N6O/c1-11-10-13(15-12(2)22-23(3)17(15)21-11)18(25)24-9-5-4-6-14(24)16-19-7-8-20-16/h7-8,10,14H,4-6,9H2,1-3H3,(H,19,20). The van der Waals surface area contributed by atoms with Crippen LogP contribution in [0.3, 0.4) is 0 Å². The van der Waals surface area contributed by atoms with E-state index >= 15 is 0 Å². The summed E-state index contributed by atoms with van der Waals surface area (Å²) in [6, 6.07) is 1.88. The van der Waals surface area contributed by atoms with E-state index in [-0.39, 0.29) is 11.9 Å². The van der Waals surface area contributed by atoms with Gasteiger partial charge in [0.2, 0.25) is 0 Å². The summed E-state index contributed by atoms with van der Waals surface area (Å²) in [6.07, 6.45) is 6.60. The monoisotopic (exact) mass is 338 g/mol. The number of imidazole rings is 1. The summed E-state index contributed by atoms with van der Waals surface area (Å²) < 4.78 is 1.74. The van der Waals surface area contributed by atoms with Crippen molar-refractivity contribution in [2.24, 2.45) is 7.05 Å². The minimum Gasteiger partial charge on any atom is -0.347 e. The molecule has 0 aliphatic carbocycles. The predicted molar refractivity (Wildman–Crippen MR) is 94.2 cm³/mol. The number of rotatable bonds is 2. The Kier molecular flexibility index (Phi) is 3.78. The lowest BCUT2D eigenvalue weighted by Crippen LogP contribution is -2.39. The van der Waals surface area contributed by atoms with Crippen LogP contribution in [0.1, 0.15) is 52.9 Å². The largest absolute Gasteiger partial charge is 0.347 e. The molecule has 1 aliphatic heterocycles. The average molecular weight is 338 g/mol. The van der Waals surface area contributed by atoms with Crippen LogP contribution in [0, 0.1) is 13.8 Å². The molecule has 130 valence electrons. The summed E-state index contributed by atoms with van der Waals surface area (Å²) >= 11 is 0. The van der Waals surface area contributed by atoms with Crippen molar-refractivity contribution in [2.75, 3.05) is 6.54 Å². The SMILES string of the molecule is Cc1cc(C(=O)N2CCCCC2c2ncc[nH]2)c2c(C)nn(C)c2n1. The van der Waals surface area contributed by atoms with Crippen LogP contribution < -0.4 is 0 Å². The number of carbonyl (C=O) groups is 1. The van der Waals surface area contributed by atoms with Gasteiger partial charge in [-0.1, -0.05) is 0 Å². The number of likely N-dealkylation sites (tertiary alicyclic amines) is 1. The fourth-order valence-electron chi connectivity index (χ4n) is 3.81. The molecule has 25 heavy (non-hydrogen) atoms. The van der Waals surface area contributed by atoms with Gasteiger partial charge in [-0.2, -0.15) is 5.10 Å². The highest BCUT2D eigenvalue weighted by Crippen LogP contribution is 2.32. The molecule has 0 saturated carbocycles. The van der Waals surface area contributed by atoms with Crippen molar-refractivity contribution in [1.82, 2.24) is 29.6 Å². The van der Waals surface area contributed by atoms with Gasteiger partial charge in [0.15, 0.2) is 5.65 Å². The topological polar surface area (TPSA) is 79.7 Å². The summed E-state index contributed by atoms with van der Waals surface area (Å²) in [4.78, 5) is 27.5. The molecule has 1 amide bonds. The second-order valence-corrected chi connectivity index (χ2v) is 6.70. The first-order valence-electron chi connectivity index (χ1n) is 8.67. The fraction of sp³-hybridized carbons (Fsp3) is 0.444. The van der Waals surface area contributed by atoms with Gasteiger partial charge in [0, 0.05) is 31.7 Å². The Morgan fingerprint density at radius 2 is 2.16 bits per heavy atom. The van der Waals surface area contributed by atoms with Gasteiger partial charge < -0.3 is 9.88 Å². The van der Waals surface area contributed by atoms with E-state index in [9.17, 15) is 4.79 Å². The Morgan fingerprint density at radius 3 is 2.92 bits per heavy atom. The maximum Gasteiger partial charge on any atom is 0.255 e. The Labute approximate surface area is 146 Å². The molecule has 0 radical (unpaired) electrons. The van der Waals surface area contributed by atoms with Crippen LogP contribution >= 0.6 is 0 Å². The van der Waals surface area contributed by atoms with E-state index in [1.807, 2.05) is 38.1 Å². The smallest absolute Gasteiger partial charge is 0.255 e. The molecule has 1 fully saturated rings. The van der Waals surface area contributed by atoms with Gasteiger partial charge in [-0.25, -0.2) is 9.97 Å². The number of piperidine rings is 1. The molecule has 4 rings (SSSR count). The minimum atomic E-state index is -0.00301. The van der Waals surface area contributed by atoms with E-state index in [4.69, 9.17) is 0 Å². The van der Waals surface area contributed by atoms with Gasteiger partial charge in [0.1, 0.15) is 5.82 Å². The van der Waals surface area contributed by atoms with Crippen molar-refractivity contribution in [1.29, 1.82) is 0 Å². The number of hydrogen-bond acceptors (Lipinski definition) is 4. The number of amides is 1. The lowest BCUT2D eigenvalue weighted by Gasteiger charge is -2.34. The van der Waals surface area contributed by atoms with Crippen LogP contribution in [-0.2, 0) is 7.05 Å². The molecule has 1 unspecified atom stereocenters. The number of carbonyl (C=O) groups excluding carboxylic acids is 1. The van der Waals surface area contributed by atoms with Crippen LogP contribution in [0.5, 0.6) is 0 Å². The van der Waals surface area contributed by atoms with Crippen LogP contribution in [-0.4, -0.2) is 42.1 Å². The van der Waals surface area contributed by atoms with Crippen LogP contribution in [0.15, 0.2) is 18.5 Å². The molecule has 1 saturated heterocycles. The molecule has 7 nitrogen and oxygen atoms in total. The lowest BCUT2D eigenvalue weighted by atomic mass is 9.99. The highest BCUT2D eigenvalue weighted by atomic mass is 16.2. The molecule has 7 heteroatoms. The highest BCUT2D eigenvalue weighted by molar-refractivity contribution is 6.06. The van der Waals surface area contributed by atoms with E-state index < -0.39 is 0 Å². The first-order chi connectivity index (χ1) is 12.1. The molecule has 3 aromatic heterocycles. The quantitative estimate of drug-likeness (QED) is 0.779. The van der Waals surface area contributed by atoms with Gasteiger partial charge in [0.05, 0.1) is 22.7 Å². The number of fused-ring (bicyclic) bond motifs is 1. The van der Waals surface area contributed by atoms with Crippen molar-refractivity contribution in [3.63, 3.8) is 0 Å². The summed E-state index contributed by atoms with van der Waals surface area (Å²) in [7, 11) is 1.86. The van der Waals surface area contributed by atoms with E-state index in [0.29, 0.717) is 5.56 Å². The first kappa shape index (κ1) is 15.8. The Hall–Kier alpha value is -2.70. The maximum atomic E-state index is 13.5. The summed E-state index contributed by atoms with van der Waals surface area (Å²) in [5.74, 6) is 0.894. The van der Waals surface area contributed by atoms with E-state index in [0.717, 1.165) is 54.1 Å². The number of pyridine rings is 1. The van der Waals surface area contributed by atoms with Crippen molar-refractivity contribution in [3.8, 4) is 0 Å². The molecule has 3 aromatic rings. The zero-order valence-corrected chi connectivity index (χ0v) is 14.8. The second-order valence-electron chi connectivity index (χ2n) is 6.70. The molecular weight excluding hydrogens is 316 g/mol. The molecule has 1 aliphatic rings. The molecule has 1 N–H and O–H groups in total. The normalized spacial score (nSPS) is 18.0. The van der Waals surface area contributed by atoms with Crippen molar-refractivity contribution in [3.05, 3.63) is 41.2 Å². The van der Waals surface area contributed by atoms with Crippen molar-refractivity contribution in [2.45, 2.75) is 39.2 Å². The third-order valence-electron chi connectivity index (χ3n) is 4.93. The van der Waals surface area contributed by atoms with E-state index in [1.54, 1.807) is 10.9 Å². The van der Waals surface area contributed by atoms with Gasteiger partial charge >= 0.3 is 0 Å². The molecular formula is C18H22N6O. The number of aromatic amines is 1. The maximum absolute atomic E-state index is 13.5. The summed E-state index contributed by atoms with van der Waals surface area (Å²) in [6.45, 7) is 4.58. The molecule has 0 aromatic carbocycles. The number of aryl methyl sites for hydroxylation is 3. The number of nitrogens with one attached hydrogen (secondary N) is 1. The van der Waals surface area contributed by atoms with Crippen LogP contribution in [0.4, 0.5) is 0 Å². The van der Waals surface area contributed by atoms with Crippen molar-refractivity contribution >= 4 is 16.9 Å². The Morgan fingerprint density at radius 1 is 1.32 bits per heavy atom. The van der Waals surface area contributed by atoms with Gasteiger partial charge in [-0.05, 0) is 39.2 Å². The predicted octanol–water partition coefficient (Wildman–Crippen LogP) is 2.68. The highest BCUT2D eigenvalue weighted by Gasteiger charge is 2.32. The molecule has 0 spiro atoms. The molecule has 0 bridgehead atoms. The Balaban J connectivity index is 1.81. The number of H-pyrrole nitrogens is 1. The second kappa shape index (κ2) is 5.98. The van der Waals surface area contributed by atoms with E-state index in [2.05, 4.69) is 20.1 Å².